The van der Waals surface area contributed by atoms with Gasteiger partial charge in [0.05, 0.1) is 13.2 Å². The fourth-order valence-electron chi connectivity index (χ4n) is 2.95. The van der Waals surface area contributed by atoms with E-state index >= 15 is 0 Å². The van der Waals surface area contributed by atoms with Crippen molar-refractivity contribution < 1.29 is 9.47 Å². The van der Waals surface area contributed by atoms with Crippen LogP contribution in [0.2, 0.25) is 0 Å². The zero-order valence-corrected chi connectivity index (χ0v) is 15.0. The number of hydrogen-bond donors (Lipinski definition) is 1. The van der Waals surface area contributed by atoms with Gasteiger partial charge in [-0.05, 0) is 43.5 Å². The van der Waals surface area contributed by atoms with E-state index in [2.05, 4.69) is 54.2 Å². The van der Waals surface area contributed by atoms with Crippen molar-refractivity contribution in [2.24, 2.45) is 5.41 Å². The van der Waals surface area contributed by atoms with Crippen molar-refractivity contribution in [3.8, 4) is 5.75 Å². The molecular weight excluding hydrogens is 330 g/mol. The Morgan fingerprint density at radius 3 is 2.81 bits per heavy atom. The van der Waals surface area contributed by atoms with Crippen molar-refractivity contribution in [1.82, 2.24) is 5.32 Å². The number of hydrogen-bond acceptors (Lipinski definition) is 3. The highest BCUT2D eigenvalue weighted by atomic mass is 79.9. The lowest BCUT2D eigenvalue weighted by Crippen LogP contribution is -2.43. The highest BCUT2D eigenvalue weighted by Gasteiger charge is 2.41. The monoisotopic (exact) mass is 355 g/mol. The van der Waals surface area contributed by atoms with Crippen LogP contribution < -0.4 is 10.1 Å². The van der Waals surface area contributed by atoms with E-state index in [4.69, 9.17) is 9.47 Å². The maximum absolute atomic E-state index is 5.88. The summed E-state index contributed by atoms with van der Waals surface area (Å²) in [4.78, 5) is 0. The Balaban J connectivity index is 2.22. The molecule has 0 aromatic heterocycles. The lowest BCUT2D eigenvalue weighted by atomic mass is 9.76. The molecule has 1 aromatic rings. The summed E-state index contributed by atoms with van der Waals surface area (Å²) in [5.74, 6) is 0.909. The number of methoxy groups -OCH3 is 1. The zero-order chi connectivity index (χ0) is 15.5. The number of ether oxygens (including phenoxy) is 2. The fraction of sp³-hybridized carbons (Fsp3) is 0.647. The molecule has 1 fully saturated rings. The van der Waals surface area contributed by atoms with E-state index in [9.17, 15) is 0 Å². The van der Waals surface area contributed by atoms with E-state index in [1.54, 1.807) is 7.11 Å². The summed E-state index contributed by atoms with van der Waals surface area (Å²) in [7, 11) is 1.71. The normalized spacial score (nSPS) is 25.5. The summed E-state index contributed by atoms with van der Waals surface area (Å²) >= 11 is 3.67. The van der Waals surface area contributed by atoms with Crippen LogP contribution in [0.3, 0.4) is 0 Å². The van der Waals surface area contributed by atoms with Gasteiger partial charge in [0.2, 0.25) is 0 Å². The van der Waals surface area contributed by atoms with Gasteiger partial charge < -0.3 is 14.8 Å². The largest absolute Gasteiger partial charge is 0.497 e. The summed E-state index contributed by atoms with van der Waals surface area (Å²) < 4.78 is 12.4. The predicted molar refractivity (Wildman–Crippen MR) is 90.0 cm³/mol. The van der Waals surface area contributed by atoms with Crippen molar-refractivity contribution in [2.45, 2.75) is 45.8 Å². The molecule has 1 N–H and O–H groups in total. The Morgan fingerprint density at radius 2 is 2.24 bits per heavy atom. The Morgan fingerprint density at radius 1 is 1.48 bits per heavy atom. The lowest BCUT2D eigenvalue weighted by Gasteiger charge is -2.34. The molecule has 118 valence electrons. The Kier molecular flexibility index (Phi) is 5.69. The lowest BCUT2D eigenvalue weighted by molar-refractivity contribution is 0.0620. The summed E-state index contributed by atoms with van der Waals surface area (Å²) in [5.41, 5.74) is 1.44. The van der Waals surface area contributed by atoms with Gasteiger partial charge in [-0.25, -0.2) is 0 Å². The minimum absolute atomic E-state index is 0.152. The molecule has 3 nitrogen and oxygen atoms in total. The summed E-state index contributed by atoms with van der Waals surface area (Å²) in [6.07, 6.45) is 2.35. The van der Waals surface area contributed by atoms with Gasteiger partial charge in [-0.2, -0.15) is 0 Å². The van der Waals surface area contributed by atoms with Gasteiger partial charge in [-0.3, -0.25) is 0 Å². The average Bonchev–Trinajstić information content (AvgIpc) is 2.81. The maximum atomic E-state index is 5.88. The van der Waals surface area contributed by atoms with Crippen LogP contribution in [-0.2, 0) is 11.2 Å². The SMILES string of the molecule is COc1ccc(Br)c(CC2(CNC(C)C)CCOC2C)c1. The minimum Gasteiger partial charge on any atom is -0.497 e. The van der Waals surface area contributed by atoms with Crippen LogP contribution in [0.15, 0.2) is 22.7 Å². The highest BCUT2D eigenvalue weighted by molar-refractivity contribution is 9.10. The first-order valence-corrected chi connectivity index (χ1v) is 8.43. The maximum Gasteiger partial charge on any atom is 0.119 e. The van der Waals surface area contributed by atoms with E-state index < -0.39 is 0 Å². The molecule has 1 saturated heterocycles. The van der Waals surface area contributed by atoms with Crippen molar-refractivity contribution in [2.75, 3.05) is 20.3 Å². The average molecular weight is 356 g/mol. The molecule has 1 aliphatic rings. The molecule has 0 bridgehead atoms. The molecule has 2 atom stereocenters. The van der Waals surface area contributed by atoms with Crippen LogP contribution in [0, 0.1) is 5.41 Å². The molecule has 0 spiro atoms. The fourth-order valence-corrected chi connectivity index (χ4v) is 3.33. The third kappa shape index (κ3) is 3.99. The molecule has 0 amide bonds. The minimum atomic E-state index is 0.152. The van der Waals surface area contributed by atoms with Gasteiger partial charge in [0.25, 0.3) is 0 Å². The van der Waals surface area contributed by atoms with Crippen molar-refractivity contribution >= 4 is 15.9 Å². The van der Waals surface area contributed by atoms with Gasteiger partial charge in [-0.1, -0.05) is 29.8 Å². The second kappa shape index (κ2) is 7.12. The van der Waals surface area contributed by atoms with Crippen LogP contribution in [0.5, 0.6) is 5.75 Å². The first-order chi connectivity index (χ1) is 9.97. The molecule has 4 heteroatoms. The molecule has 0 saturated carbocycles. The molecule has 1 aromatic carbocycles. The van der Waals surface area contributed by atoms with Gasteiger partial charge in [0.1, 0.15) is 5.75 Å². The molecule has 1 heterocycles. The topological polar surface area (TPSA) is 30.5 Å². The second-order valence-corrected chi connectivity index (χ2v) is 7.15. The van der Waals surface area contributed by atoms with Crippen LogP contribution >= 0.6 is 15.9 Å². The summed E-state index contributed by atoms with van der Waals surface area (Å²) in [6, 6.07) is 6.68. The smallest absolute Gasteiger partial charge is 0.119 e. The standard InChI is InChI=1S/C17H26BrNO2/c1-12(2)19-11-17(7-8-21-13(17)3)10-14-9-15(20-4)5-6-16(14)18/h5-6,9,12-13,19H,7-8,10-11H2,1-4H3. The van der Waals surface area contributed by atoms with E-state index in [-0.39, 0.29) is 11.5 Å². The van der Waals surface area contributed by atoms with Crippen LogP contribution in [0.25, 0.3) is 0 Å². The molecule has 2 rings (SSSR count). The number of rotatable bonds is 6. The third-order valence-electron chi connectivity index (χ3n) is 4.49. The van der Waals surface area contributed by atoms with E-state index in [1.807, 2.05) is 6.07 Å². The number of halogens is 1. The molecule has 1 aliphatic heterocycles. The molecule has 2 unspecified atom stereocenters. The molecule has 0 aliphatic carbocycles. The first kappa shape index (κ1) is 16.8. The van der Waals surface area contributed by atoms with E-state index in [0.717, 1.165) is 36.2 Å². The molecular formula is C17H26BrNO2. The van der Waals surface area contributed by atoms with Crippen LogP contribution in [-0.4, -0.2) is 32.4 Å². The van der Waals surface area contributed by atoms with E-state index in [1.165, 1.54) is 5.56 Å². The second-order valence-electron chi connectivity index (χ2n) is 6.30. The predicted octanol–water partition coefficient (Wildman–Crippen LogP) is 3.79. The summed E-state index contributed by atoms with van der Waals surface area (Å²) in [6.45, 7) is 8.41. The number of benzene rings is 1. The van der Waals surface area contributed by atoms with Gasteiger partial charge in [0, 0.05) is 29.1 Å². The van der Waals surface area contributed by atoms with Crippen molar-refractivity contribution in [3.63, 3.8) is 0 Å². The Bertz CT molecular complexity index is 478. The zero-order valence-electron chi connectivity index (χ0n) is 13.4. The third-order valence-corrected chi connectivity index (χ3v) is 5.26. The van der Waals surface area contributed by atoms with Crippen molar-refractivity contribution in [3.05, 3.63) is 28.2 Å². The van der Waals surface area contributed by atoms with Crippen LogP contribution in [0.4, 0.5) is 0 Å². The molecule has 0 radical (unpaired) electrons. The van der Waals surface area contributed by atoms with Crippen molar-refractivity contribution in [1.29, 1.82) is 0 Å². The quantitative estimate of drug-likeness (QED) is 0.841. The Labute approximate surface area is 136 Å². The van der Waals surface area contributed by atoms with E-state index in [0.29, 0.717) is 6.04 Å². The first-order valence-electron chi connectivity index (χ1n) is 7.64. The van der Waals surface area contributed by atoms with Gasteiger partial charge >= 0.3 is 0 Å². The molecule has 21 heavy (non-hydrogen) atoms. The van der Waals surface area contributed by atoms with Crippen LogP contribution in [0.1, 0.15) is 32.8 Å². The van der Waals surface area contributed by atoms with Gasteiger partial charge in [-0.15, -0.1) is 0 Å². The summed E-state index contributed by atoms with van der Waals surface area (Å²) in [5, 5.41) is 3.60. The number of nitrogens with one attached hydrogen (secondary N) is 1. The Hall–Kier alpha value is -0.580. The highest BCUT2D eigenvalue weighted by Crippen LogP contribution is 2.40. The van der Waals surface area contributed by atoms with Gasteiger partial charge in [0.15, 0.2) is 0 Å².